The largest absolute Gasteiger partial charge is 0.493 e. The highest BCUT2D eigenvalue weighted by atomic mass is 16.7. The molecule has 2 aliphatic heterocycles. The smallest absolute Gasteiger partial charge is 0.310 e. The van der Waals surface area contributed by atoms with Crippen LogP contribution in [0.4, 0.5) is 0 Å². The van der Waals surface area contributed by atoms with Gasteiger partial charge in [0, 0.05) is 23.8 Å². The molecule has 1 saturated heterocycles. The van der Waals surface area contributed by atoms with Crippen LogP contribution in [-0.2, 0) is 19.1 Å². The predicted molar refractivity (Wildman–Crippen MR) is 178 cm³/mol. The molecule has 0 aromatic heterocycles. The first-order chi connectivity index (χ1) is 23.0. The van der Waals surface area contributed by atoms with E-state index in [1.54, 1.807) is 21.3 Å². The first-order valence-corrected chi connectivity index (χ1v) is 17.6. The average Bonchev–Trinajstić information content (AvgIpc) is 3.71. The second-order valence-corrected chi connectivity index (χ2v) is 13.0. The van der Waals surface area contributed by atoms with Crippen LogP contribution >= 0.6 is 0 Å². The van der Waals surface area contributed by atoms with Gasteiger partial charge in [0.1, 0.15) is 6.10 Å². The Bertz CT molecular complexity index is 1330. The van der Waals surface area contributed by atoms with Gasteiger partial charge in [0.2, 0.25) is 12.5 Å². The summed E-state index contributed by atoms with van der Waals surface area (Å²) in [5.74, 6) is 0.652. The van der Waals surface area contributed by atoms with E-state index >= 15 is 0 Å². The van der Waals surface area contributed by atoms with Gasteiger partial charge in [0.05, 0.1) is 33.9 Å². The molecule has 5 rings (SSSR count). The van der Waals surface area contributed by atoms with Gasteiger partial charge in [0.15, 0.2) is 23.0 Å². The number of methoxy groups -OCH3 is 3. The molecule has 2 aromatic carbocycles. The molecular formula is C38H52O9. The molecule has 1 fully saturated rings. The number of fused-ring (bicyclic) bond motifs is 3. The lowest BCUT2D eigenvalue weighted by atomic mass is 9.66. The van der Waals surface area contributed by atoms with E-state index in [9.17, 15) is 9.59 Å². The van der Waals surface area contributed by atoms with Gasteiger partial charge in [-0.05, 0) is 41.8 Å². The number of cyclic esters (lactones) is 1. The van der Waals surface area contributed by atoms with E-state index in [1.807, 2.05) is 24.3 Å². The molecule has 0 bridgehead atoms. The van der Waals surface area contributed by atoms with Crippen LogP contribution in [0.3, 0.4) is 0 Å². The number of benzene rings is 2. The summed E-state index contributed by atoms with van der Waals surface area (Å²) in [7, 11) is 4.68. The lowest BCUT2D eigenvalue weighted by Gasteiger charge is -2.38. The Kier molecular flexibility index (Phi) is 12.5. The maximum atomic E-state index is 13.4. The summed E-state index contributed by atoms with van der Waals surface area (Å²) in [6, 6.07) is 7.53. The quantitative estimate of drug-likeness (QED) is 0.109. The molecule has 0 radical (unpaired) electrons. The highest BCUT2D eigenvalue weighted by Gasteiger charge is 2.54. The first-order valence-electron chi connectivity index (χ1n) is 17.6. The standard InChI is InChI=1S/C38H52O9/c1-5-6-7-8-9-10-11-12-13-14-15-16-17-18-33(39)47-36-27-22-30-29(45-24-46-30)21-26(27)34(35-28(36)23-44-38(35)40)25-19-31(41-2)37(43-4)32(20-25)42-3/h19-22,28,34-36H,5-18,23-24H2,1-4H3/t28-,34+,35-,36-/m0/s1. The highest BCUT2D eigenvalue weighted by molar-refractivity contribution is 5.79. The SMILES string of the molecule is CCCCCCCCCCCCCCCC(=O)O[C@H]1c2cc3c(cc2[C@@H](c2cc(OC)c(OC)c(OC)c2)[C@H]2C(=O)OC[C@@H]21)OCO3. The van der Waals surface area contributed by atoms with Crippen LogP contribution < -0.4 is 23.7 Å². The van der Waals surface area contributed by atoms with Crippen molar-refractivity contribution >= 4 is 11.9 Å². The zero-order chi connectivity index (χ0) is 33.2. The van der Waals surface area contributed by atoms with Crippen LogP contribution in [0.1, 0.15) is 126 Å². The predicted octanol–water partition coefficient (Wildman–Crippen LogP) is 8.44. The fraction of sp³-hybridized carbons (Fsp3) is 0.632. The second kappa shape index (κ2) is 17.0. The minimum absolute atomic E-state index is 0.103. The number of hydrogen-bond donors (Lipinski definition) is 0. The molecule has 9 heteroatoms. The summed E-state index contributed by atoms with van der Waals surface area (Å²) >= 11 is 0. The fourth-order valence-corrected chi connectivity index (χ4v) is 7.43. The van der Waals surface area contributed by atoms with Gasteiger partial charge < -0.3 is 33.2 Å². The third kappa shape index (κ3) is 8.10. The highest BCUT2D eigenvalue weighted by Crippen LogP contribution is 2.56. The number of rotatable bonds is 19. The monoisotopic (exact) mass is 652 g/mol. The Balaban J connectivity index is 1.25. The van der Waals surface area contributed by atoms with Crippen LogP contribution in [0.2, 0.25) is 0 Å². The maximum Gasteiger partial charge on any atom is 0.310 e. The van der Waals surface area contributed by atoms with Crippen LogP contribution in [0.25, 0.3) is 0 Å². The van der Waals surface area contributed by atoms with Gasteiger partial charge in [-0.25, -0.2) is 0 Å². The summed E-state index contributed by atoms with van der Waals surface area (Å²) in [4.78, 5) is 26.7. The molecule has 47 heavy (non-hydrogen) atoms. The van der Waals surface area contributed by atoms with Crippen LogP contribution in [0.15, 0.2) is 24.3 Å². The molecule has 0 N–H and O–H groups in total. The van der Waals surface area contributed by atoms with Gasteiger partial charge in [-0.15, -0.1) is 0 Å². The zero-order valence-corrected chi connectivity index (χ0v) is 28.6. The van der Waals surface area contributed by atoms with Crippen LogP contribution in [0, 0.1) is 11.8 Å². The molecular weight excluding hydrogens is 600 g/mol. The lowest BCUT2D eigenvalue weighted by Crippen LogP contribution is -2.36. The van der Waals surface area contributed by atoms with Crippen molar-refractivity contribution in [2.24, 2.45) is 11.8 Å². The van der Waals surface area contributed by atoms with Crippen molar-refractivity contribution in [3.8, 4) is 28.7 Å². The van der Waals surface area contributed by atoms with Crippen molar-refractivity contribution in [2.75, 3.05) is 34.7 Å². The fourth-order valence-electron chi connectivity index (χ4n) is 7.43. The van der Waals surface area contributed by atoms with Gasteiger partial charge in [0.25, 0.3) is 0 Å². The van der Waals surface area contributed by atoms with Gasteiger partial charge >= 0.3 is 11.9 Å². The normalized spacial score (nSPS) is 20.7. The third-order valence-corrected chi connectivity index (χ3v) is 9.91. The summed E-state index contributed by atoms with van der Waals surface area (Å²) in [5.41, 5.74) is 2.42. The molecule has 2 heterocycles. The third-order valence-electron chi connectivity index (χ3n) is 9.91. The average molecular weight is 653 g/mol. The molecule has 258 valence electrons. The number of carbonyl (C=O) groups is 2. The molecule has 0 amide bonds. The van der Waals surface area contributed by atoms with E-state index in [2.05, 4.69) is 6.92 Å². The summed E-state index contributed by atoms with van der Waals surface area (Å²) < 4.78 is 40.2. The molecule has 9 nitrogen and oxygen atoms in total. The van der Waals surface area contributed by atoms with Crippen molar-refractivity contribution < 1.29 is 42.7 Å². The van der Waals surface area contributed by atoms with E-state index in [0.29, 0.717) is 35.2 Å². The Labute approximate surface area is 279 Å². The van der Waals surface area contributed by atoms with E-state index in [4.69, 9.17) is 33.2 Å². The zero-order valence-electron chi connectivity index (χ0n) is 28.6. The molecule has 0 spiro atoms. The Morgan fingerprint density at radius 2 is 1.28 bits per heavy atom. The number of hydrogen-bond acceptors (Lipinski definition) is 9. The maximum absolute atomic E-state index is 13.4. The van der Waals surface area contributed by atoms with E-state index < -0.39 is 17.9 Å². The van der Waals surface area contributed by atoms with Crippen molar-refractivity contribution in [3.63, 3.8) is 0 Å². The molecule has 0 saturated carbocycles. The molecule has 4 atom stereocenters. The van der Waals surface area contributed by atoms with E-state index in [0.717, 1.165) is 36.0 Å². The van der Waals surface area contributed by atoms with Crippen LogP contribution in [-0.4, -0.2) is 46.7 Å². The Morgan fingerprint density at radius 3 is 1.83 bits per heavy atom. The Hall–Kier alpha value is -3.62. The Morgan fingerprint density at radius 1 is 0.723 bits per heavy atom. The topological polar surface area (TPSA) is 98.8 Å². The van der Waals surface area contributed by atoms with Gasteiger partial charge in [-0.2, -0.15) is 0 Å². The van der Waals surface area contributed by atoms with Crippen molar-refractivity contribution in [1.82, 2.24) is 0 Å². The van der Waals surface area contributed by atoms with E-state index in [1.165, 1.54) is 64.2 Å². The number of unbranched alkanes of at least 4 members (excludes halogenated alkanes) is 12. The summed E-state index contributed by atoms with van der Waals surface area (Å²) in [5, 5.41) is 0. The molecule has 0 unspecified atom stereocenters. The first kappa shape index (κ1) is 34.7. The summed E-state index contributed by atoms with van der Waals surface area (Å²) in [6.45, 7) is 2.52. The lowest BCUT2D eigenvalue weighted by molar-refractivity contribution is -0.154. The van der Waals surface area contributed by atoms with Crippen molar-refractivity contribution in [1.29, 1.82) is 0 Å². The minimum atomic E-state index is -0.649. The van der Waals surface area contributed by atoms with Gasteiger partial charge in [-0.1, -0.05) is 84.0 Å². The molecule has 3 aliphatic rings. The molecule has 1 aliphatic carbocycles. The van der Waals surface area contributed by atoms with E-state index in [-0.39, 0.29) is 31.3 Å². The summed E-state index contributed by atoms with van der Waals surface area (Å²) in [6.07, 6.45) is 15.8. The minimum Gasteiger partial charge on any atom is -0.493 e. The number of carbonyl (C=O) groups excluding carboxylic acids is 2. The number of ether oxygens (including phenoxy) is 7. The molecule has 2 aromatic rings. The van der Waals surface area contributed by atoms with Gasteiger partial charge in [-0.3, -0.25) is 9.59 Å². The van der Waals surface area contributed by atoms with Crippen molar-refractivity contribution in [3.05, 3.63) is 41.0 Å². The van der Waals surface area contributed by atoms with Crippen LogP contribution in [0.5, 0.6) is 28.7 Å². The number of esters is 2. The second-order valence-electron chi connectivity index (χ2n) is 13.0. The van der Waals surface area contributed by atoms with Crippen molar-refractivity contribution in [2.45, 2.75) is 109 Å².